The van der Waals surface area contributed by atoms with E-state index in [0.717, 1.165) is 22.6 Å². The number of nitrogens with one attached hydrogen (secondary N) is 1. The topological polar surface area (TPSA) is 67.9 Å². The summed E-state index contributed by atoms with van der Waals surface area (Å²) in [4.78, 5) is 25.7. The molecule has 0 atom stereocenters. The summed E-state index contributed by atoms with van der Waals surface area (Å²) in [6.07, 6.45) is 0.241. The highest BCUT2D eigenvalue weighted by molar-refractivity contribution is 5.78. The molecule has 0 unspecified atom stereocenters. The average Bonchev–Trinajstić information content (AvgIpc) is 2.69. The van der Waals surface area contributed by atoms with E-state index in [2.05, 4.69) is 5.32 Å². The van der Waals surface area contributed by atoms with E-state index in [1.807, 2.05) is 48.5 Å². The number of benzene rings is 2. The largest absolute Gasteiger partial charge is 0.497 e. The molecule has 6 heteroatoms. The van der Waals surface area contributed by atoms with Crippen LogP contribution in [0.1, 0.15) is 24.5 Å². The molecule has 0 saturated heterocycles. The van der Waals surface area contributed by atoms with Crippen LogP contribution in [0.4, 0.5) is 0 Å². The zero-order chi connectivity index (χ0) is 19.6. The van der Waals surface area contributed by atoms with Crippen LogP contribution in [-0.4, -0.2) is 37.5 Å². The molecule has 0 bridgehead atoms. The number of amides is 2. The van der Waals surface area contributed by atoms with Crippen LogP contribution < -0.4 is 14.8 Å². The highest BCUT2D eigenvalue weighted by atomic mass is 16.5. The summed E-state index contributed by atoms with van der Waals surface area (Å²) >= 11 is 0. The Morgan fingerprint density at radius 1 is 1.00 bits per heavy atom. The van der Waals surface area contributed by atoms with E-state index >= 15 is 0 Å². The second-order valence-electron chi connectivity index (χ2n) is 6.13. The fourth-order valence-electron chi connectivity index (χ4n) is 2.67. The number of ether oxygens (including phenoxy) is 2. The second kappa shape index (κ2) is 10.2. The molecular weight excluding hydrogens is 344 g/mol. The summed E-state index contributed by atoms with van der Waals surface area (Å²) in [5, 5.41) is 2.87. The molecule has 0 spiro atoms. The minimum Gasteiger partial charge on any atom is -0.497 e. The van der Waals surface area contributed by atoms with Crippen LogP contribution >= 0.6 is 0 Å². The Bertz CT molecular complexity index is 759. The third kappa shape index (κ3) is 6.33. The molecule has 0 aromatic heterocycles. The Balaban J connectivity index is 1.85. The van der Waals surface area contributed by atoms with Crippen molar-refractivity contribution >= 4 is 11.8 Å². The van der Waals surface area contributed by atoms with Crippen LogP contribution in [0, 0.1) is 0 Å². The van der Waals surface area contributed by atoms with E-state index in [4.69, 9.17) is 9.47 Å². The number of rotatable bonds is 9. The predicted molar refractivity (Wildman–Crippen MR) is 104 cm³/mol. The predicted octanol–water partition coefficient (Wildman–Crippen LogP) is 2.76. The standard InChI is InChI=1S/C21H26N2O4/c1-16(24)23(15-17-8-10-19(26-2)11-9-17)13-12-21(25)22-14-18-6-4-5-7-20(18)27-3/h4-11H,12-15H2,1-3H3,(H,22,25). The summed E-state index contributed by atoms with van der Waals surface area (Å²) in [5.74, 6) is 1.33. The maximum Gasteiger partial charge on any atom is 0.222 e. The molecule has 0 aliphatic heterocycles. The lowest BCUT2D eigenvalue weighted by molar-refractivity contribution is -0.130. The van der Waals surface area contributed by atoms with Crippen molar-refractivity contribution in [1.82, 2.24) is 10.2 Å². The number of hydrogen-bond acceptors (Lipinski definition) is 4. The van der Waals surface area contributed by atoms with Gasteiger partial charge in [-0.2, -0.15) is 0 Å². The van der Waals surface area contributed by atoms with Gasteiger partial charge in [-0.1, -0.05) is 30.3 Å². The normalized spacial score (nSPS) is 10.2. The minimum absolute atomic E-state index is 0.0663. The Kier molecular flexibility index (Phi) is 7.67. The fraction of sp³-hybridized carbons (Fsp3) is 0.333. The molecule has 0 heterocycles. The highest BCUT2D eigenvalue weighted by Crippen LogP contribution is 2.17. The molecule has 1 N–H and O–H groups in total. The Morgan fingerprint density at radius 2 is 1.70 bits per heavy atom. The third-order valence-corrected chi connectivity index (χ3v) is 4.26. The van der Waals surface area contributed by atoms with E-state index in [9.17, 15) is 9.59 Å². The molecule has 0 radical (unpaired) electrons. The van der Waals surface area contributed by atoms with Gasteiger partial charge in [-0.15, -0.1) is 0 Å². The minimum atomic E-state index is -0.109. The van der Waals surface area contributed by atoms with Crippen molar-refractivity contribution in [3.8, 4) is 11.5 Å². The van der Waals surface area contributed by atoms with Gasteiger partial charge in [0, 0.05) is 38.5 Å². The lowest BCUT2D eigenvalue weighted by Crippen LogP contribution is -2.33. The highest BCUT2D eigenvalue weighted by Gasteiger charge is 2.12. The van der Waals surface area contributed by atoms with Crippen molar-refractivity contribution in [1.29, 1.82) is 0 Å². The Labute approximate surface area is 160 Å². The molecule has 0 aliphatic rings. The molecular formula is C21H26N2O4. The maximum atomic E-state index is 12.2. The van der Waals surface area contributed by atoms with Crippen LogP contribution in [-0.2, 0) is 22.7 Å². The molecule has 2 rings (SSSR count). The van der Waals surface area contributed by atoms with Crippen LogP contribution in [0.25, 0.3) is 0 Å². The van der Waals surface area contributed by atoms with Crippen molar-refractivity contribution in [3.63, 3.8) is 0 Å². The number of methoxy groups -OCH3 is 2. The first kappa shape index (κ1) is 20.3. The van der Waals surface area contributed by atoms with Crippen molar-refractivity contribution in [2.75, 3.05) is 20.8 Å². The summed E-state index contributed by atoms with van der Waals surface area (Å²) in [6.45, 7) is 2.72. The molecule has 2 aromatic carbocycles. The molecule has 144 valence electrons. The van der Waals surface area contributed by atoms with Gasteiger partial charge >= 0.3 is 0 Å². The van der Waals surface area contributed by atoms with E-state index < -0.39 is 0 Å². The van der Waals surface area contributed by atoms with Gasteiger partial charge in [0.2, 0.25) is 11.8 Å². The number of carbonyl (C=O) groups is 2. The zero-order valence-electron chi connectivity index (χ0n) is 16.0. The Morgan fingerprint density at radius 3 is 2.33 bits per heavy atom. The SMILES string of the molecule is COc1ccc(CN(CCC(=O)NCc2ccccc2OC)C(C)=O)cc1. The van der Waals surface area contributed by atoms with Crippen molar-refractivity contribution < 1.29 is 19.1 Å². The van der Waals surface area contributed by atoms with E-state index in [1.54, 1.807) is 19.1 Å². The van der Waals surface area contributed by atoms with Gasteiger partial charge in [-0.25, -0.2) is 0 Å². The summed E-state index contributed by atoms with van der Waals surface area (Å²) in [5.41, 5.74) is 1.90. The Hall–Kier alpha value is -3.02. The van der Waals surface area contributed by atoms with Gasteiger partial charge in [0.15, 0.2) is 0 Å². The molecule has 6 nitrogen and oxygen atoms in total. The second-order valence-corrected chi connectivity index (χ2v) is 6.13. The van der Waals surface area contributed by atoms with Gasteiger partial charge in [-0.3, -0.25) is 9.59 Å². The van der Waals surface area contributed by atoms with E-state index in [0.29, 0.717) is 19.6 Å². The quantitative estimate of drug-likeness (QED) is 0.737. The molecule has 0 fully saturated rings. The first-order chi connectivity index (χ1) is 13.0. The van der Waals surface area contributed by atoms with E-state index in [1.165, 1.54) is 6.92 Å². The molecule has 0 aliphatic carbocycles. The van der Waals surface area contributed by atoms with Crippen molar-refractivity contribution in [2.45, 2.75) is 26.4 Å². The summed E-state index contributed by atoms with van der Waals surface area (Å²) < 4.78 is 10.4. The summed E-state index contributed by atoms with van der Waals surface area (Å²) in [7, 11) is 3.21. The van der Waals surface area contributed by atoms with Crippen LogP contribution in [0.15, 0.2) is 48.5 Å². The molecule has 2 amide bonds. The van der Waals surface area contributed by atoms with Crippen LogP contribution in [0.2, 0.25) is 0 Å². The lowest BCUT2D eigenvalue weighted by Gasteiger charge is -2.21. The van der Waals surface area contributed by atoms with Crippen LogP contribution in [0.5, 0.6) is 11.5 Å². The van der Waals surface area contributed by atoms with Crippen molar-refractivity contribution in [3.05, 3.63) is 59.7 Å². The van der Waals surface area contributed by atoms with Gasteiger partial charge in [0.1, 0.15) is 11.5 Å². The van der Waals surface area contributed by atoms with Crippen molar-refractivity contribution in [2.24, 2.45) is 0 Å². The van der Waals surface area contributed by atoms with Crippen LogP contribution in [0.3, 0.4) is 0 Å². The van der Waals surface area contributed by atoms with Gasteiger partial charge < -0.3 is 19.7 Å². The number of nitrogens with zero attached hydrogens (tertiary/aromatic N) is 1. The lowest BCUT2D eigenvalue weighted by atomic mass is 10.2. The first-order valence-electron chi connectivity index (χ1n) is 8.80. The average molecular weight is 370 g/mol. The monoisotopic (exact) mass is 370 g/mol. The molecule has 2 aromatic rings. The molecule has 0 saturated carbocycles. The molecule has 27 heavy (non-hydrogen) atoms. The van der Waals surface area contributed by atoms with E-state index in [-0.39, 0.29) is 18.2 Å². The van der Waals surface area contributed by atoms with Gasteiger partial charge in [-0.05, 0) is 23.8 Å². The van der Waals surface area contributed by atoms with Gasteiger partial charge in [0.25, 0.3) is 0 Å². The number of para-hydroxylation sites is 1. The number of carbonyl (C=O) groups excluding carboxylic acids is 2. The first-order valence-corrected chi connectivity index (χ1v) is 8.80. The zero-order valence-corrected chi connectivity index (χ0v) is 16.0. The maximum absolute atomic E-state index is 12.2. The smallest absolute Gasteiger partial charge is 0.222 e. The third-order valence-electron chi connectivity index (χ3n) is 4.26. The van der Waals surface area contributed by atoms with Gasteiger partial charge in [0.05, 0.1) is 14.2 Å². The fourth-order valence-corrected chi connectivity index (χ4v) is 2.67. The number of hydrogen-bond donors (Lipinski definition) is 1. The summed E-state index contributed by atoms with van der Waals surface area (Å²) in [6, 6.07) is 15.1.